The average Bonchev–Trinajstić information content (AvgIpc) is 2.34. The summed E-state index contributed by atoms with van der Waals surface area (Å²) >= 11 is 0. The molecular formula is C15H25NO4. The summed E-state index contributed by atoms with van der Waals surface area (Å²) in [6, 6.07) is 0. The fourth-order valence-electron chi connectivity index (χ4n) is 3.54. The van der Waals surface area contributed by atoms with Gasteiger partial charge >= 0.3 is 5.97 Å². The molecule has 20 heavy (non-hydrogen) atoms. The van der Waals surface area contributed by atoms with E-state index in [1.165, 1.54) is 0 Å². The van der Waals surface area contributed by atoms with Crippen LogP contribution in [0.3, 0.4) is 0 Å². The Morgan fingerprint density at radius 1 is 1.10 bits per heavy atom. The van der Waals surface area contributed by atoms with Crippen molar-refractivity contribution in [2.75, 3.05) is 13.1 Å². The minimum atomic E-state index is -0.812. The minimum absolute atomic E-state index is 0.00581. The number of likely N-dealkylation sites (tertiary alicyclic amines) is 1. The summed E-state index contributed by atoms with van der Waals surface area (Å²) < 4.78 is 0. The second-order valence-electron chi connectivity index (χ2n) is 6.64. The van der Waals surface area contributed by atoms with Crippen LogP contribution in [-0.2, 0) is 9.59 Å². The lowest BCUT2D eigenvalue weighted by molar-refractivity contribution is -0.159. The largest absolute Gasteiger partial charge is 0.481 e. The molecule has 0 aromatic rings. The fourth-order valence-corrected chi connectivity index (χ4v) is 3.54. The number of carbonyl (C=O) groups excluding carboxylic acids is 1. The zero-order valence-corrected chi connectivity index (χ0v) is 12.2. The lowest BCUT2D eigenvalue weighted by atomic mass is 9.69. The molecule has 0 unspecified atom stereocenters. The molecule has 0 aromatic carbocycles. The third-order valence-corrected chi connectivity index (χ3v) is 4.95. The van der Waals surface area contributed by atoms with E-state index in [4.69, 9.17) is 5.11 Å². The summed E-state index contributed by atoms with van der Waals surface area (Å²) in [6.45, 7) is 2.70. The number of carboxylic acid groups (broad SMARTS) is 1. The Hall–Kier alpha value is -1.10. The Bertz CT molecular complexity index is 381. The topological polar surface area (TPSA) is 77.8 Å². The molecule has 0 spiro atoms. The highest BCUT2D eigenvalue weighted by Crippen LogP contribution is 2.43. The first-order valence-corrected chi connectivity index (χ1v) is 7.60. The van der Waals surface area contributed by atoms with E-state index in [-0.39, 0.29) is 17.7 Å². The van der Waals surface area contributed by atoms with Crippen LogP contribution in [0.4, 0.5) is 0 Å². The van der Waals surface area contributed by atoms with E-state index in [0.717, 1.165) is 32.1 Å². The lowest BCUT2D eigenvalue weighted by Gasteiger charge is -2.47. The number of aliphatic hydroxyl groups is 1. The van der Waals surface area contributed by atoms with Crippen molar-refractivity contribution in [2.45, 2.75) is 63.9 Å². The van der Waals surface area contributed by atoms with Crippen LogP contribution < -0.4 is 0 Å². The molecule has 2 fully saturated rings. The van der Waals surface area contributed by atoms with Gasteiger partial charge in [-0.2, -0.15) is 0 Å². The van der Waals surface area contributed by atoms with Gasteiger partial charge in [0.2, 0.25) is 5.91 Å². The second-order valence-corrected chi connectivity index (χ2v) is 6.64. The van der Waals surface area contributed by atoms with Gasteiger partial charge < -0.3 is 15.1 Å². The Balaban J connectivity index is 1.94. The van der Waals surface area contributed by atoms with E-state index in [9.17, 15) is 14.7 Å². The predicted molar refractivity (Wildman–Crippen MR) is 74.2 cm³/mol. The molecule has 1 heterocycles. The van der Waals surface area contributed by atoms with Gasteiger partial charge in [0.25, 0.3) is 0 Å². The van der Waals surface area contributed by atoms with Gasteiger partial charge in [-0.3, -0.25) is 9.59 Å². The molecule has 5 nitrogen and oxygen atoms in total. The maximum absolute atomic E-state index is 12.3. The van der Waals surface area contributed by atoms with E-state index in [1.54, 1.807) is 4.90 Å². The van der Waals surface area contributed by atoms with Crippen molar-refractivity contribution in [2.24, 2.45) is 5.41 Å². The lowest BCUT2D eigenvalue weighted by Crippen LogP contribution is -2.63. The molecule has 0 radical (unpaired) electrons. The van der Waals surface area contributed by atoms with Crippen molar-refractivity contribution < 1.29 is 19.8 Å². The highest BCUT2D eigenvalue weighted by Gasteiger charge is 2.44. The third-order valence-electron chi connectivity index (χ3n) is 4.95. The fraction of sp³-hybridized carbons (Fsp3) is 0.867. The summed E-state index contributed by atoms with van der Waals surface area (Å²) in [7, 11) is 0. The van der Waals surface area contributed by atoms with Gasteiger partial charge in [0, 0.05) is 6.42 Å². The van der Waals surface area contributed by atoms with Gasteiger partial charge in [0.1, 0.15) is 0 Å². The molecule has 1 saturated heterocycles. The summed E-state index contributed by atoms with van der Waals surface area (Å²) in [5.74, 6) is -0.806. The highest BCUT2D eigenvalue weighted by molar-refractivity contribution is 5.79. The van der Waals surface area contributed by atoms with Crippen molar-refractivity contribution in [3.05, 3.63) is 0 Å². The molecule has 1 aliphatic carbocycles. The molecule has 0 atom stereocenters. The molecule has 2 aliphatic rings. The first-order valence-electron chi connectivity index (χ1n) is 7.60. The standard InChI is InChI=1S/C15H25NO4/c1-2-15(20)10-16(11-15)12(17)8-14(9-13(18)19)6-4-3-5-7-14/h20H,2-11H2,1H3,(H,18,19). The Labute approximate surface area is 120 Å². The first kappa shape index (κ1) is 15.3. The molecule has 1 saturated carbocycles. The van der Waals surface area contributed by atoms with E-state index in [2.05, 4.69) is 0 Å². The molecular weight excluding hydrogens is 258 g/mol. The Morgan fingerprint density at radius 2 is 1.70 bits per heavy atom. The number of amides is 1. The van der Waals surface area contributed by atoms with E-state index >= 15 is 0 Å². The number of hydrogen-bond acceptors (Lipinski definition) is 3. The number of carbonyl (C=O) groups is 2. The molecule has 1 aliphatic heterocycles. The number of carboxylic acids is 1. The zero-order valence-electron chi connectivity index (χ0n) is 12.2. The molecule has 114 valence electrons. The van der Waals surface area contributed by atoms with Crippen molar-refractivity contribution in [1.82, 2.24) is 4.90 Å². The minimum Gasteiger partial charge on any atom is -0.481 e. The number of hydrogen-bond donors (Lipinski definition) is 2. The monoisotopic (exact) mass is 283 g/mol. The van der Waals surface area contributed by atoms with Gasteiger partial charge in [-0.05, 0) is 24.7 Å². The quantitative estimate of drug-likeness (QED) is 0.806. The number of aliphatic carboxylic acids is 1. The van der Waals surface area contributed by atoms with Crippen LogP contribution in [0.2, 0.25) is 0 Å². The summed E-state index contributed by atoms with van der Waals surface area (Å²) in [4.78, 5) is 25.1. The number of rotatable bonds is 5. The van der Waals surface area contributed by atoms with Gasteiger partial charge in [-0.1, -0.05) is 26.2 Å². The molecule has 2 N–H and O–H groups in total. The van der Waals surface area contributed by atoms with Crippen LogP contribution in [-0.4, -0.2) is 45.7 Å². The maximum Gasteiger partial charge on any atom is 0.303 e. The molecule has 0 bridgehead atoms. The van der Waals surface area contributed by atoms with Crippen LogP contribution >= 0.6 is 0 Å². The molecule has 1 amide bonds. The molecule has 5 heteroatoms. The Morgan fingerprint density at radius 3 is 2.20 bits per heavy atom. The van der Waals surface area contributed by atoms with Crippen LogP contribution in [0, 0.1) is 5.41 Å². The Kier molecular flexibility index (Phi) is 4.37. The van der Waals surface area contributed by atoms with Gasteiger partial charge in [0.05, 0.1) is 25.1 Å². The average molecular weight is 283 g/mol. The second kappa shape index (κ2) is 5.72. The molecule has 2 rings (SSSR count). The van der Waals surface area contributed by atoms with Crippen LogP contribution in [0.1, 0.15) is 58.3 Å². The maximum atomic E-state index is 12.3. The molecule has 0 aromatic heterocycles. The summed E-state index contributed by atoms with van der Waals surface area (Å²) in [5.41, 5.74) is -1.08. The van der Waals surface area contributed by atoms with Crippen molar-refractivity contribution in [3.8, 4) is 0 Å². The normalized spacial score (nSPS) is 24.0. The van der Waals surface area contributed by atoms with Gasteiger partial charge in [0.15, 0.2) is 0 Å². The predicted octanol–water partition coefficient (Wildman–Crippen LogP) is 1.78. The first-order chi connectivity index (χ1) is 9.38. The van der Waals surface area contributed by atoms with Gasteiger partial charge in [-0.25, -0.2) is 0 Å². The van der Waals surface area contributed by atoms with Crippen molar-refractivity contribution in [3.63, 3.8) is 0 Å². The van der Waals surface area contributed by atoms with Crippen molar-refractivity contribution in [1.29, 1.82) is 0 Å². The summed E-state index contributed by atoms with van der Waals surface area (Å²) in [6.07, 6.45) is 5.88. The summed E-state index contributed by atoms with van der Waals surface area (Å²) in [5, 5.41) is 19.1. The highest BCUT2D eigenvalue weighted by atomic mass is 16.4. The van der Waals surface area contributed by atoms with Crippen molar-refractivity contribution >= 4 is 11.9 Å². The SMILES string of the molecule is CCC1(O)CN(C(=O)CC2(CC(=O)O)CCCCC2)C1. The van der Waals surface area contributed by atoms with E-state index < -0.39 is 11.6 Å². The van der Waals surface area contributed by atoms with Crippen LogP contribution in [0.25, 0.3) is 0 Å². The third kappa shape index (κ3) is 3.32. The van der Waals surface area contributed by atoms with Gasteiger partial charge in [-0.15, -0.1) is 0 Å². The van der Waals surface area contributed by atoms with E-state index in [0.29, 0.717) is 25.9 Å². The van der Waals surface area contributed by atoms with Crippen LogP contribution in [0.5, 0.6) is 0 Å². The number of β-amino-alcohol motifs (C(OH)–C–C–N with tert-alkyl or cyclic N) is 1. The zero-order chi connectivity index (χ0) is 14.8. The number of nitrogens with zero attached hydrogens (tertiary/aromatic N) is 1. The van der Waals surface area contributed by atoms with E-state index in [1.807, 2.05) is 6.92 Å². The smallest absolute Gasteiger partial charge is 0.303 e. The van der Waals surface area contributed by atoms with Crippen LogP contribution in [0.15, 0.2) is 0 Å².